The quantitative estimate of drug-likeness (QED) is 0.937. The highest BCUT2D eigenvalue weighted by molar-refractivity contribution is 5.95. The molecule has 2 amide bonds. The SMILES string of the molecule is CC(=O)N1CC(C(=O)Nc2cccc(-c3ccc4c(c3)CCO4)c2)C1. The van der Waals surface area contributed by atoms with E-state index in [2.05, 4.69) is 11.4 Å². The molecule has 0 saturated carbocycles. The van der Waals surface area contributed by atoms with Crippen molar-refractivity contribution in [2.45, 2.75) is 13.3 Å². The van der Waals surface area contributed by atoms with Gasteiger partial charge in [0.05, 0.1) is 12.5 Å². The van der Waals surface area contributed by atoms with Crippen LogP contribution in [0.1, 0.15) is 12.5 Å². The molecule has 2 heterocycles. The Labute approximate surface area is 146 Å². The number of amides is 2. The second kappa shape index (κ2) is 6.24. The van der Waals surface area contributed by atoms with Crippen molar-refractivity contribution in [1.82, 2.24) is 4.90 Å². The summed E-state index contributed by atoms with van der Waals surface area (Å²) >= 11 is 0. The van der Waals surface area contributed by atoms with E-state index < -0.39 is 0 Å². The minimum absolute atomic E-state index is 0.0200. The summed E-state index contributed by atoms with van der Waals surface area (Å²) in [5.74, 6) is 0.835. The molecule has 0 atom stereocenters. The van der Waals surface area contributed by atoms with E-state index in [1.807, 2.05) is 36.4 Å². The third-order valence-corrected chi connectivity index (χ3v) is 4.85. The molecule has 0 radical (unpaired) electrons. The first-order valence-electron chi connectivity index (χ1n) is 8.53. The number of hydrogen-bond acceptors (Lipinski definition) is 3. The molecule has 25 heavy (non-hydrogen) atoms. The number of rotatable bonds is 3. The molecule has 2 aliphatic rings. The molecule has 2 aromatic carbocycles. The molecule has 1 fully saturated rings. The van der Waals surface area contributed by atoms with Crippen LogP contribution in [0.5, 0.6) is 5.75 Å². The van der Waals surface area contributed by atoms with Crippen LogP contribution in [-0.4, -0.2) is 36.4 Å². The van der Waals surface area contributed by atoms with Gasteiger partial charge in [0.2, 0.25) is 11.8 Å². The number of ether oxygens (including phenoxy) is 1. The smallest absolute Gasteiger partial charge is 0.231 e. The van der Waals surface area contributed by atoms with Crippen molar-refractivity contribution in [2.75, 3.05) is 25.0 Å². The Hall–Kier alpha value is -2.82. The van der Waals surface area contributed by atoms with Crippen molar-refractivity contribution in [1.29, 1.82) is 0 Å². The second-order valence-corrected chi connectivity index (χ2v) is 6.61. The van der Waals surface area contributed by atoms with Gasteiger partial charge in [0.1, 0.15) is 5.75 Å². The van der Waals surface area contributed by atoms with E-state index >= 15 is 0 Å². The molecule has 0 aliphatic carbocycles. The summed E-state index contributed by atoms with van der Waals surface area (Å²) in [6.45, 7) is 3.28. The standard InChI is InChI=1S/C20H20N2O3/c1-13(23)22-11-17(12-22)20(24)21-18-4-2-3-14(10-18)15-5-6-19-16(9-15)7-8-25-19/h2-6,9-10,17H,7-8,11-12H2,1H3,(H,21,24). The highest BCUT2D eigenvalue weighted by atomic mass is 16.5. The van der Waals surface area contributed by atoms with Gasteiger partial charge in [-0.05, 0) is 41.0 Å². The highest BCUT2D eigenvalue weighted by Gasteiger charge is 2.34. The lowest BCUT2D eigenvalue weighted by atomic mass is 9.98. The highest BCUT2D eigenvalue weighted by Crippen LogP contribution is 2.31. The molecule has 5 heteroatoms. The third-order valence-electron chi connectivity index (χ3n) is 4.85. The van der Waals surface area contributed by atoms with E-state index in [0.29, 0.717) is 13.1 Å². The summed E-state index contributed by atoms with van der Waals surface area (Å²) in [5, 5.41) is 2.96. The van der Waals surface area contributed by atoms with Gasteiger partial charge in [0.15, 0.2) is 0 Å². The van der Waals surface area contributed by atoms with Crippen LogP contribution in [0.4, 0.5) is 5.69 Å². The van der Waals surface area contributed by atoms with Crippen LogP contribution in [0, 0.1) is 5.92 Å². The van der Waals surface area contributed by atoms with E-state index in [-0.39, 0.29) is 17.7 Å². The maximum Gasteiger partial charge on any atom is 0.231 e. The lowest BCUT2D eigenvalue weighted by Crippen LogP contribution is -2.53. The van der Waals surface area contributed by atoms with Gasteiger partial charge in [-0.15, -0.1) is 0 Å². The molecule has 2 aromatic rings. The van der Waals surface area contributed by atoms with Crippen molar-refractivity contribution < 1.29 is 14.3 Å². The Morgan fingerprint density at radius 1 is 1.12 bits per heavy atom. The normalized spacial score (nSPS) is 16.0. The molecule has 2 aliphatic heterocycles. The van der Waals surface area contributed by atoms with Crippen LogP contribution in [0.3, 0.4) is 0 Å². The number of carbonyl (C=O) groups is 2. The Bertz CT molecular complexity index is 841. The molecule has 1 N–H and O–H groups in total. The van der Waals surface area contributed by atoms with E-state index in [1.54, 1.807) is 4.90 Å². The fourth-order valence-corrected chi connectivity index (χ4v) is 3.29. The molecule has 128 valence electrons. The molecule has 0 bridgehead atoms. The van der Waals surface area contributed by atoms with Gasteiger partial charge in [-0.25, -0.2) is 0 Å². The third kappa shape index (κ3) is 3.09. The van der Waals surface area contributed by atoms with Crippen LogP contribution in [0.15, 0.2) is 42.5 Å². The number of anilines is 1. The first-order chi connectivity index (χ1) is 12.1. The van der Waals surface area contributed by atoms with E-state index in [9.17, 15) is 9.59 Å². The fourth-order valence-electron chi connectivity index (χ4n) is 3.29. The number of hydrogen-bond donors (Lipinski definition) is 1. The zero-order valence-electron chi connectivity index (χ0n) is 14.1. The Balaban J connectivity index is 1.47. The number of carbonyl (C=O) groups excluding carboxylic acids is 2. The Morgan fingerprint density at radius 3 is 2.72 bits per heavy atom. The summed E-state index contributed by atoms with van der Waals surface area (Å²) in [6, 6.07) is 14.1. The maximum absolute atomic E-state index is 12.3. The summed E-state index contributed by atoms with van der Waals surface area (Å²) < 4.78 is 5.55. The van der Waals surface area contributed by atoms with Gasteiger partial charge in [-0.1, -0.05) is 18.2 Å². The summed E-state index contributed by atoms with van der Waals surface area (Å²) in [6.07, 6.45) is 0.938. The maximum atomic E-state index is 12.3. The molecular formula is C20H20N2O3. The van der Waals surface area contributed by atoms with E-state index in [1.165, 1.54) is 12.5 Å². The van der Waals surface area contributed by atoms with Gasteiger partial charge in [-0.3, -0.25) is 9.59 Å². The monoisotopic (exact) mass is 336 g/mol. The van der Waals surface area contributed by atoms with Crippen LogP contribution >= 0.6 is 0 Å². The van der Waals surface area contributed by atoms with Crippen molar-refractivity contribution >= 4 is 17.5 Å². The fraction of sp³-hybridized carbons (Fsp3) is 0.300. The van der Waals surface area contributed by atoms with Gasteiger partial charge in [0.25, 0.3) is 0 Å². The zero-order valence-corrected chi connectivity index (χ0v) is 14.1. The lowest BCUT2D eigenvalue weighted by molar-refractivity contribution is -0.139. The van der Waals surface area contributed by atoms with E-state index in [4.69, 9.17) is 4.74 Å². The van der Waals surface area contributed by atoms with Crippen molar-refractivity contribution in [2.24, 2.45) is 5.92 Å². The Kier molecular flexibility index (Phi) is 3.92. The number of fused-ring (bicyclic) bond motifs is 1. The molecule has 4 rings (SSSR count). The van der Waals surface area contributed by atoms with Crippen LogP contribution < -0.4 is 10.1 Å². The average molecular weight is 336 g/mol. The van der Waals surface area contributed by atoms with Gasteiger partial charge in [-0.2, -0.15) is 0 Å². The van der Waals surface area contributed by atoms with Gasteiger partial charge < -0.3 is 15.0 Å². The summed E-state index contributed by atoms with van der Waals surface area (Å²) in [5.41, 5.74) is 4.18. The lowest BCUT2D eigenvalue weighted by Gasteiger charge is -2.37. The van der Waals surface area contributed by atoms with Gasteiger partial charge >= 0.3 is 0 Å². The van der Waals surface area contributed by atoms with Crippen molar-refractivity contribution in [3.8, 4) is 16.9 Å². The van der Waals surface area contributed by atoms with Crippen LogP contribution in [0.2, 0.25) is 0 Å². The van der Waals surface area contributed by atoms with Crippen molar-refractivity contribution in [3.05, 3.63) is 48.0 Å². The Morgan fingerprint density at radius 2 is 1.92 bits per heavy atom. The molecule has 0 unspecified atom stereocenters. The van der Waals surface area contributed by atoms with Crippen LogP contribution in [-0.2, 0) is 16.0 Å². The predicted octanol–water partition coefficient (Wildman–Crippen LogP) is 2.71. The van der Waals surface area contributed by atoms with Gasteiger partial charge in [0, 0.05) is 32.1 Å². The number of nitrogens with one attached hydrogen (secondary N) is 1. The summed E-state index contributed by atoms with van der Waals surface area (Å²) in [7, 11) is 0. The minimum Gasteiger partial charge on any atom is -0.493 e. The van der Waals surface area contributed by atoms with Crippen molar-refractivity contribution in [3.63, 3.8) is 0 Å². The molecule has 5 nitrogen and oxygen atoms in total. The first kappa shape index (κ1) is 15.7. The second-order valence-electron chi connectivity index (χ2n) is 6.61. The number of benzene rings is 2. The first-order valence-corrected chi connectivity index (χ1v) is 8.53. The molecular weight excluding hydrogens is 316 g/mol. The van der Waals surface area contributed by atoms with E-state index in [0.717, 1.165) is 35.6 Å². The molecule has 0 aromatic heterocycles. The number of nitrogens with zero attached hydrogens (tertiary/aromatic N) is 1. The largest absolute Gasteiger partial charge is 0.493 e. The summed E-state index contributed by atoms with van der Waals surface area (Å²) in [4.78, 5) is 25.2. The topological polar surface area (TPSA) is 58.6 Å². The predicted molar refractivity (Wildman–Crippen MR) is 95.5 cm³/mol. The average Bonchev–Trinajstić information content (AvgIpc) is 3.00. The molecule has 1 saturated heterocycles. The molecule has 0 spiro atoms. The number of likely N-dealkylation sites (tertiary alicyclic amines) is 1. The van der Waals surface area contributed by atoms with Crippen LogP contribution in [0.25, 0.3) is 11.1 Å². The zero-order chi connectivity index (χ0) is 17.4. The minimum atomic E-state index is -0.121.